The van der Waals surface area contributed by atoms with E-state index < -0.39 is 24.5 Å². The lowest BCUT2D eigenvalue weighted by molar-refractivity contribution is -0.123. The van der Waals surface area contributed by atoms with Crippen molar-refractivity contribution < 1.29 is 28.7 Å². The molecule has 0 aliphatic heterocycles. The quantitative estimate of drug-likeness (QED) is 0.262. The third-order valence-corrected chi connectivity index (χ3v) is 4.57. The molecular weight excluding hydrogens is 398 g/mol. The van der Waals surface area contributed by atoms with E-state index in [-0.39, 0.29) is 17.2 Å². The maximum Gasteiger partial charge on any atom is 0.339 e. The van der Waals surface area contributed by atoms with Crippen LogP contribution < -0.4 is 16.0 Å². The van der Waals surface area contributed by atoms with Gasteiger partial charge in [-0.15, -0.1) is 11.8 Å². The number of carbonyl (C=O) groups excluding carboxylic acids is 4. The first-order valence-electron chi connectivity index (χ1n) is 9.20. The summed E-state index contributed by atoms with van der Waals surface area (Å²) >= 11 is 1.18. The summed E-state index contributed by atoms with van der Waals surface area (Å²) in [5.74, 6) is -1.51. The largest absolute Gasteiger partial charge is 0.452 e. The maximum atomic E-state index is 12.3. The molecule has 0 saturated carbocycles. The van der Waals surface area contributed by atoms with E-state index in [9.17, 15) is 19.2 Å². The Hall–Kier alpha value is -2.59. The lowest BCUT2D eigenvalue weighted by Gasteiger charge is -2.10. The van der Waals surface area contributed by atoms with Gasteiger partial charge in [0.1, 0.15) is 0 Å². The molecule has 3 N–H and O–H groups in total. The predicted molar refractivity (Wildman–Crippen MR) is 109 cm³/mol. The number of hydrogen-bond acceptors (Lipinski definition) is 7. The number of urea groups is 1. The number of ether oxygens (including phenoxy) is 2. The fraction of sp³-hybridized carbons (Fsp3) is 0.474. The molecule has 1 aromatic carbocycles. The number of thioether (sulfide) groups is 1. The third-order valence-electron chi connectivity index (χ3n) is 3.50. The fourth-order valence-electron chi connectivity index (χ4n) is 2.04. The van der Waals surface area contributed by atoms with E-state index in [1.54, 1.807) is 31.4 Å². The van der Waals surface area contributed by atoms with Crippen LogP contribution in [0.15, 0.2) is 29.2 Å². The number of rotatable bonds is 12. The van der Waals surface area contributed by atoms with E-state index in [0.29, 0.717) is 24.6 Å². The first-order valence-corrected chi connectivity index (χ1v) is 10.2. The molecule has 1 aromatic rings. The summed E-state index contributed by atoms with van der Waals surface area (Å²) in [5.41, 5.74) is 0.238. The molecule has 0 unspecified atom stereocenters. The lowest BCUT2D eigenvalue weighted by Crippen LogP contribution is -2.41. The van der Waals surface area contributed by atoms with Gasteiger partial charge in [-0.05, 0) is 18.6 Å². The van der Waals surface area contributed by atoms with Crippen molar-refractivity contribution in [1.29, 1.82) is 0 Å². The second-order valence-electron chi connectivity index (χ2n) is 5.86. The molecule has 9 nitrogen and oxygen atoms in total. The number of hydrogen-bond donors (Lipinski definition) is 3. The Kier molecular flexibility index (Phi) is 12.2. The zero-order valence-electron chi connectivity index (χ0n) is 16.6. The van der Waals surface area contributed by atoms with Crippen LogP contribution in [0.4, 0.5) is 4.79 Å². The van der Waals surface area contributed by atoms with Gasteiger partial charge in [0, 0.05) is 25.1 Å². The Morgan fingerprint density at radius 2 is 1.79 bits per heavy atom. The summed E-state index contributed by atoms with van der Waals surface area (Å²) in [5, 5.41) is 7.31. The van der Waals surface area contributed by atoms with Crippen LogP contribution in [-0.4, -0.2) is 63.0 Å². The highest BCUT2D eigenvalue weighted by Crippen LogP contribution is 2.23. The van der Waals surface area contributed by atoms with Gasteiger partial charge < -0.3 is 20.1 Å². The van der Waals surface area contributed by atoms with Crippen molar-refractivity contribution in [2.75, 3.05) is 39.2 Å². The van der Waals surface area contributed by atoms with Crippen molar-refractivity contribution in [1.82, 2.24) is 16.0 Å². The Balaban J connectivity index is 2.48. The second kappa shape index (κ2) is 14.4. The Morgan fingerprint density at radius 1 is 1.03 bits per heavy atom. The van der Waals surface area contributed by atoms with Gasteiger partial charge in [0.15, 0.2) is 6.61 Å². The van der Waals surface area contributed by atoms with Gasteiger partial charge in [0.25, 0.3) is 5.91 Å². The molecule has 10 heteroatoms. The normalized spacial score (nSPS) is 10.1. The first-order chi connectivity index (χ1) is 14.0. The highest BCUT2D eigenvalue weighted by Gasteiger charge is 2.16. The van der Waals surface area contributed by atoms with Crippen LogP contribution in [-0.2, 0) is 19.1 Å². The number of carbonyl (C=O) groups is 4. The molecule has 29 heavy (non-hydrogen) atoms. The molecule has 1 rings (SSSR count). The third kappa shape index (κ3) is 10.5. The highest BCUT2D eigenvalue weighted by atomic mass is 32.2. The van der Waals surface area contributed by atoms with Gasteiger partial charge in [-0.3, -0.25) is 14.9 Å². The van der Waals surface area contributed by atoms with Gasteiger partial charge in [0.2, 0.25) is 5.91 Å². The lowest BCUT2D eigenvalue weighted by atomic mass is 10.2. The van der Waals surface area contributed by atoms with E-state index in [2.05, 4.69) is 16.0 Å². The number of amides is 4. The summed E-state index contributed by atoms with van der Waals surface area (Å²) in [6.07, 6.45) is 1.72. The molecule has 0 atom stereocenters. The number of benzene rings is 1. The van der Waals surface area contributed by atoms with Crippen LogP contribution in [0.2, 0.25) is 0 Å². The molecule has 0 aliphatic carbocycles. The van der Waals surface area contributed by atoms with Gasteiger partial charge in [-0.1, -0.05) is 25.5 Å². The summed E-state index contributed by atoms with van der Waals surface area (Å²) in [6, 6.07) is 5.99. The monoisotopic (exact) mass is 425 g/mol. The van der Waals surface area contributed by atoms with Crippen LogP contribution in [0, 0.1) is 0 Å². The zero-order chi connectivity index (χ0) is 21.5. The van der Waals surface area contributed by atoms with Crippen LogP contribution in [0.25, 0.3) is 0 Å². The molecular formula is C19H27N3O6S. The molecule has 0 saturated heterocycles. The summed E-state index contributed by atoms with van der Waals surface area (Å²) in [4.78, 5) is 47.9. The Labute approximate surface area is 174 Å². The first kappa shape index (κ1) is 24.4. The molecule has 4 amide bonds. The fourth-order valence-corrected chi connectivity index (χ4v) is 2.91. The van der Waals surface area contributed by atoms with Gasteiger partial charge >= 0.3 is 12.0 Å². The summed E-state index contributed by atoms with van der Waals surface area (Å²) in [6.45, 7) is 2.67. The molecule has 0 aromatic heterocycles. The molecule has 0 heterocycles. The SMILES string of the molecule is CCCCNC(=O)NC(=O)COC(=O)c1ccccc1SCC(=O)NCCOC. The highest BCUT2D eigenvalue weighted by molar-refractivity contribution is 8.00. The minimum Gasteiger partial charge on any atom is -0.452 e. The van der Waals surface area contributed by atoms with Crippen molar-refractivity contribution in [3.05, 3.63) is 29.8 Å². The van der Waals surface area contributed by atoms with Crippen molar-refractivity contribution in [2.45, 2.75) is 24.7 Å². The standard InChI is InChI=1S/C19H27N3O6S/c1-3-4-9-21-19(26)22-16(23)12-28-18(25)14-7-5-6-8-15(14)29-13-17(24)20-10-11-27-2/h5-8H,3-4,9-13H2,1-2H3,(H,20,24)(H2,21,22,23,26). The number of nitrogens with one attached hydrogen (secondary N) is 3. The van der Waals surface area contributed by atoms with E-state index in [4.69, 9.17) is 9.47 Å². The Morgan fingerprint density at radius 3 is 2.52 bits per heavy atom. The summed E-state index contributed by atoms with van der Waals surface area (Å²) in [7, 11) is 1.54. The minimum absolute atomic E-state index is 0.117. The number of unbranched alkanes of at least 4 members (excludes halogenated alkanes) is 1. The molecule has 0 spiro atoms. The van der Waals surface area contributed by atoms with Gasteiger partial charge in [-0.2, -0.15) is 0 Å². The zero-order valence-corrected chi connectivity index (χ0v) is 17.4. The predicted octanol–water partition coefficient (Wildman–Crippen LogP) is 1.32. The molecule has 0 aliphatic rings. The maximum absolute atomic E-state index is 12.3. The van der Waals surface area contributed by atoms with Crippen LogP contribution in [0.1, 0.15) is 30.1 Å². The molecule has 0 radical (unpaired) electrons. The summed E-state index contributed by atoms with van der Waals surface area (Å²) < 4.78 is 9.84. The van der Waals surface area contributed by atoms with Gasteiger partial charge in [-0.25, -0.2) is 9.59 Å². The Bertz CT molecular complexity index is 698. The number of esters is 1. The molecule has 0 fully saturated rings. The van der Waals surface area contributed by atoms with E-state index in [1.807, 2.05) is 6.92 Å². The molecule has 0 bridgehead atoms. The van der Waals surface area contributed by atoms with Crippen LogP contribution in [0.3, 0.4) is 0 Å². The smallest absolute Gasteiger partial charge is 0.339 e. The topological polar surface area (TPSA) is 123 Å². The number of methoxy groups -OCH3 is 1. The second-order valence-corrected chi connectivity index (χ2v) is 6.88. The molecule has 160 valence electrons. The van der Waals surface area contributed by atoms with E-state index >= 15 is 0 Å². The van der Waals surface area contributed by atoms with E-state index in [1.165, 1.54) is 11.8 Å². The van der Waals surface area contributed by atoms with Crippen molar-refractivity contribution in [3.63, 3.8) is 0 Å². The van der Waals surface area contributed by atoms with Crippen molar-refractivity contribution in [2.24, 2.45) is 0 Å². The minimum atomic E-state index is -0.727. The van der Waals surface area contributed by atoms with Crippen molar-refractivity contribution >= 4 is 35.6 Å². The van der Waals surface area contributed by atoms with Gasteiger partial charge in [0.05, 0.1) is 17.9 Å². The van der Waals surface area contributed by atoms with Crippen LogP contribution >= 0.6 is 11.8 Å². The van der Waals surface area contributed by atoms with Crippen LogP contribution in [0.5, 0.6) is 0 Å². The van der Waals surface area contributed by atoms with E-state index in [0.717, 1.165) is 12.8 Å². The average Bonchev–Trinajstić information content (AvgIpc) is 2.71. The average molecular weight is 426 g/mol. The van der Waals surface area contributed by atoms with Crippen molar-refractivity contribution in [3.8, 4) is 0 Å². The number of imide groups is 1.